The van der Waals surface area contributed by atoms with Crippen LogP contribution in [0.3, 0.4) is 0 Å². The highest BCUT2D eigenvalue weighted by molar-refractivity contribution is 5.98. The number of rotatable bonds is 5. The summed E-state index contributed by atoms with van der Waals surface area (Å²) in [5.41, 5.74) is 6.55. The Kier molecular flexibility index (Phi) is 5.62. The Balaban J connectivity index is 1.29. The third-order valence-corrected chi connectivity index (χ3v) is 7.24. The van der Waals surface area contributed by atoms with Gasteiger partial charge < -0.3 is 4.98 Å². The van der Waals surface area contributed by atoms with E-state index in [-0.39, 0.29) is 5.82 Å². The third-order valence-electron chi connectivity index (χ3n) is 7.24. The number of halogens is 1. The molecule has 6 aromatic rings. The van der Waals surface area contributed by atoms with Crippen molar-refractivity contribution in [3.05, 3.63) is 78.8 Å². The van der Waals surface area contributed by atoms with E-state index in [1.54, 1.807) is 30.9 Å². The van der Waals surface area contributed by atoms with Crippen molar-refractivity contribution in [2.75, 3.05) is 13.1 Å². The minimum atomic E-state index is -0.356. The summed E-state index contributed by atoms with van der Waals surface area (Å²) in [5, 5.41) is 7.78. The fourth-order valence-electron chi connectivity index (χ4n) is 5.36. The predicted octanol–water partition coefficient (Wildman–Crippen LogP) is 5.75. The first-order valence-corrected chi connectivity index (χ1v) is 12.8. The Morgan fingerprint density at radius 2 is 1.74 bits per heavy atom. The number of pyridine rings is 3. The molecule has 0 aliphatic carbocycles. The molecule has 1 fully saturated rings. The van der Waals surface area contributed by atoms with Gasteiger partial charge in [-0.3, -0.25) is 20.0 Å². The second-order valence-corrected chi connectivity index (χ2v) is 9.72. The van der Waals surface area contributed by atoms with Gasteiger partial charge in [0.15, 0.2) is 11.5 Å². The largest absolute Gasteiger partial charge is 0.335 e. The Labute approximate surface area is 218 Å². The quantitative estimate of drug-likeness (QED) is 0.310. The van der Waals surface area contributed by atoms with E-state index in [4.69, 9.17) is 0 Å². The van der Waals surface area contributed by atoms with Crippen molar-refractivity contribution in [3.8, 4) is 33.8 Å². The molecule has 188 valence electrons. The van der Waals surface area contributed by atoms with Crippen LogP contribution >= 0.6 is 0 Å². The van der Waals surface area contributed by atoms with E-state index in [1.165, 1.54) is 19.3 Å². The van der Waals surface area contributed by atoms with E-state index in [0.717, 1.165) is 47.4 Å². The van der Waals surface area contributed by atoms with Crippen LogP contribution < -0.4 is 0 Å². The molecule has 2 N–H and O–H groups in total. The zero-order valence-corrected chi connectivity index (χ0v) is 20.7. The smallest absolute Gasteiger partial charge is 0.178 e. The van der Waals surface area contributed by atoms with Crippen molar-refractivity contribution in [1.29, 1.82) is 0 Å². The third kappa shape index (κ3) is 4.01. The first kappa shape index (κ1) is 22.7. The Morgan fingerprint density at radius 3 is 2.61 bits per heavy atom. The number of piperidine rings is 1. The molecule has 1 saturated heterocycles. The Bertz CT molecular complexity index is 1750. The van der Waals surface area contributed by atoms with E-state index >= 15 is 4.39 Å². The first-order chi connectivity index (χ1) is 18.7. The first-order valence-electron chi connectivity index (χ1n) is 12.8. The number of benzene rings is 1. The lowest BCUT2D eigenvalue weighted by atomic mass is 10.0. The molecule has 0 amide bonds. The maximum Gasteiger partial charge on any atom is 0.178 e. The van der Waals surface area contributed by atoms with Crippen molar-refractivity contribution in [2.45, 2.75) is 25.8 Å². The van der Waals surface area contributed by atoms with Gasteiger partial charge in [-0.05, 0) is 73.5 Å². The summed E-state index contributed by atoms with van der Waals surface area (Å²) in [6, 6.07) is 11.5. The molecule has 1 aliphatic rings. The molecule has 5 aromatic heterocycles. The van der Waals surface area contributed by atoms with Crippen LogP contribution in [0.5, 0.6) is 0 Å². The molecule has 1 aliphatic heterocycles. The highest BCUT2D eigenvalue weighted by Gasteiger charge is 2.21. The number of nitrogens with one attached hydrogen (secondary N) is 2. The second-order valence-electron chi connectivity index (χ2n) is 9.72. The minimum Gasteiger partial charge on any atom is -0.335 e. The minimum absolute atomic E-state index is 0.356. The van der Waals surface area contributed by atoms with E-state index in [1.807, 2.05) is 36.5 Å². The molecule has 8 nitrogen and oxygen atoms in total. The number of nitrogens with zero attached hydrogens (tertiary/aromatic N) is 6. The van der Waals surface area contributed by atoms with Gasteiger partial charge in [-0.1, -0.05) is 6.42 Å². The Hall–Kier alpha value is -4.50. The van der Waals surface area contributed by atoms with Crippen LogP contribution in [0.2, 0.25) is 0 Å². The maximum absolute atomic E-state index is 16.2. The number of fused-ring (bicyclic) bond motifs is 2. The molecular formula is C29H25FN8. The predicted molar refractivity (Wildman–Crippen MR) is 145 cm³/mol. The van der Waals surface area contributed by atoms with Crippen molar-refractivity contribution >= 4 is 22.1 Å². The molecule has 0 saturated carbocycles. The van der Waals surface area contributed by atoms with Crippen molar-refractivity contribution in [3.63, 3.8) is 0 Å². The monoisotopic (exact) mass is 504 g/mol. The van der Waals surface area contributed by atoms with Crippen LogP contribution in [0, 0.1) is 5.82 Å². The van der Waals surface area contributed by atoms with Gasteiger partial charge in [-0.2, -0.15) is 5.10 Å². The van der Waals surface area contributed by atoms with Gasteiger partial charge in [-0.25, -0.2) is 14.4 Å². The van der Waals surface area contributed by atoms with Gasteiger partial charge in [0.2, 0.25) is 0 Å². The number of hydrogen-bond donors (Lipinski definition) is 2. The maximum atomic E-state index is 16.2. The summed E-state index contributed by atoms with van der Waals surface area (Å²) < 4.78 is 16.2. The normalized spacial score (nSPS) is 14.4. The molecule has 1 aromatic carbocycles. The number of aromatic nitrogens is 7. The highest BCUT2D eigenvalue weighted by Crippen LogP contribution is 2.35. The fraction of sp³-hybridized carbons (Fsp3) is 0.207. The molecule has 0 bridgehead atoms. The summed E-state index contributed by atoms with van der Waals surface area (Å²) in [4.78, 5) is 23.4. The lowest BCUT2D eigenvalue weighted by Gasteiger charge is -2.26. The van der Waals surface area contributed by atoms with Gasteiger partial charge in [0.05, 0.1) is 16.4 Å². The second kappa shape index (κ2) is 9.42. The average molecular weight is 505 g/mol. The van der Waals surface area contributed by atoms with Crippen LogP contribution in [0.15, 0.2) is 67.4 Å². The van der Waals surface area contributed by atoms with E-state index in [9.17, 15) is 0 Å². The summed E-state index contributed by atoms with van der Waals surface area (Å²) in [5.74, 6) is 0.0965. The molecule has 7 rings (SSSR count). The van der Waals surface area contributed by atoms with Gasteiger partial charge >= 0.3 is 0 Å². The van der Waals surface area contributed by atoms with Crippen LogP contribution in [0.25, 0.3) is 55.8 Å². The average Bonchev–Trinajstić information content (AvgIpc) is 3.59. The zero-order chi connectivity index (χ0) is 25.5. The van der Waals surface area contributed by atoms with Gasteiger partial charge in [0, 0.05) is 54.2 Å². The summed E-state index contributed by atoms with van der Waals surface area (Å²) in [7, 11) is 0. The van der Waals surface area contributed by atoms with Crippen LogP contribution in [0.4, 0.5) is 4.39 Å². The van der Waals surface area contributed by atoms with E-state index in [2.05, 4.69) is 40.0 Å². The molecule has 0 radical (unpaired) electrons. The van der Waals surface area contributed by atoms with Crippen LogP contribution in [0.1, 0.15) is 24.8 Å². The molecule has 38 heavy (non-hydrogen) atoms. The summed E-state index contributed by atoms with van der Waals surface area (Å²) in [6.45, 7) is 3.02. The topological polar surface area (TPSA) is 99.3 Å². The van der Waals surface area contributed by atoms with Crippen LogP contribution in [-0.4, -0.2) is 53.1 Å². The number of hydrogen-bond acceptors (Lipinski definition) is 6. The summed E-state index contributed by atoms with van der Waals surface area (Å²) >= 11 is 0. The van der Waals surface area contributed by atoms with Gasteiger partial charge in [-0.15, -0.1) is 0 Å². The highest BCUT2D eigenvalue weighted by atomic mass is 19.1. The van der Waals surface area contributed by atoms with Crippen molar-refractivity contribution in [2.24, 2.45) is 0 Å². The standard InChI is InChI=1S/C29H25FN8/c30-25-21(20-14-18(15-32-16-20)17-38-12-2-1-3-13-38)4-5-23-24(25)27(37-36-23)29-34-26-22(8-11-33-28(26)35-29)19-6-9-31-10-7-19/h4-11,14-16H,1-3,12-13,17H2,(H,36,37)(H,33,34,35). The van der Waals surface area contributed by atoms with Crippen LogP contribution in [-0.2, 0) is 6.54 Å². The van der Waals surface area contributed by atoms with Crippen molar-refractivity contribution in [1.82, 2.24) is 40.0 Å². The lowest BCUT2D eigenvalue weighted by Crippen LogP contribution is -2.29. The molecule has 9 heteroatoms. The molecule has 6 heterocycles. The molecular weight excluding hydrogens is 479 g/mol. The SMILES string of the molecule is Fc1c(-c2cncc(CN3CCCCC3)c2)ccc2[nH]nc(-c3nc4nccc(-c5ccncc5)c4[nH]3)c12. The van der Waals surface area contributed by atoms with E-state index in [0.29, 0.717) is 33.6 Å². The lowest BCUT2D eigenvalue weighted by molar-refractivity contribution is 0.220. The fourth-order valence-corrected chi connectivity index (χ4v) is 5.36. The number of H-pyrrole nitrogens is 2. The summed E-state index contributed by atoms with van der Waals surface area (Å²) in [6.07, 6.45) is 12.5. The van der Waals surface area contributed by atoms with Crippen molar-refractivity contribution < 1.29 is 4.39 Å². The molecule has 0 atom stereocenters. The van der Waals surface area contributed by atoms with Gasteiger partial charge in [0.25, 0.3) is 0 Å². The number of likely N-dealkylation sites (tertiary alicyclic amines) is 1. The number of aromatic amines is 2. The Morgan fingerprint density at radius 1 is 0.868 bits per heavy atom. The van der Waals surface area contributed by atoms with Gasteiger partial charge in [0.1, 0.15) is 11.5 Å². The molecule has 0 unspecified atom stereocenters. The van der Waals surface area contributed by atoms with E-state index < -0.39 is 0 Å². The zero-order valence-electron chi connectivity index (χ0n) is 20.7. The molecule has 0 spiro atoms. The number of imidazole rings is 1.